The van der Waals surface area contributed by atoms with Crippen LogP contribution in [-0.4, -0.2) is 63.6 Å². The fraction of sp³-hybridized carbons (Fsp3) is 0.889. The predicted molar refractivity (Wildman–Crippen MR) is 52.2 cm³/mol. The summed E-state index contributed by atoms with van der Waals surface area (Å²) in [6.07, 6.45) is -5.05. The van der Waals surface area contributed by atoms with Crippen molar-refractivity contribution < 1.29 is 30.0 Å². The third kappa shape index (κ3) is 2.69. The lowest BCUT2D eigenvalue weighted by atomic mass is 9.97. The maximum atomic E-state index is 11.1. The van der Waals surface area contributed by atoms with E-state index in [0.29, 0.717) is 0 Å². The van der Waals surface area contributed by atoms with E-state index in [9.17, 15) is 20.1 Å². The number of ether oxygens (including phenoxy) is 1. The molecule has 0 bridgehead atoms. The first kappa shape index (κ1) is 13.3. The number of aliphatic hydroxyl groups is 4. The lowest BCUT2D eigenvalue weighted by Gasteiger charge is -2.40. The van der Waals surface area contributed by atoms with Gasteiger partial charge in [0.25, 0.3) is 0 Å². The van der Waals surface area contributed by atoms with Gasteiger partial charge in [-0.3, -0.25) is 4.79 Å². The van der Waals surface area contributed by atoms with Crippen molar-refractivity contribution in [1.82, 2.24) is 5.32 Å². The molecule has 0 aromatic rings. The second kappa shape index (κ2) is 5.55. The van der Waals surface area contributed by atoms with Crippen LogP contribution >= 0.6 is 0 Å². The Bertz CT molecular complexity index is 248. The molecular formula is C9H17NO6. The van der Waals surface area contributed by atoms with Gasteiger partial charge in [-0.1, -0.05) is 6.92 Å². The number of amides is 1. The van der Waals surface area contributed by atoms with Gasteiger partial charge in [0, 0.05) is 6.42 Å². The van der Waals surface area contributed by atoms with Gasteiger partial charge in [0.2, 0.25) is 5.91 Å². The molecule has 1 amide bonds. The third-order valence-corrected chi connectivity index (χ3v) is 2.55. The molecule has 0 aliphatic carbocycles. The maximum absolute atomic E-state index is 11.1. The van der Waals surface area contributed by atoms with E-state index in [1.165, 1.54) is 0 Å². The molecule has 5 atom stereocenters. The van der Waals surface area contributed by atoms with Crippen LogP contribution in [0.2, 0.25) is 0 Å². The third-order valence-electron chi connectivity index (χ3n) is 2.55. The van der Waals surface area contributed by atoms with E-state index < -0.39 is 37.3 Å². The standard InChI is InChI=1S/C9H17NO6/c1-2-5(12)10-6-8(14)7(13)4(3-11)16-9(6)15/h4,6-9,11,13-15H,2-3H2,1H3,(H,10,12)/t4-,6-,7-,8-,9-/m1/s1. The molecule has 1 fully saturated rings. The number of aliphatic hydroxyl groups excluding tert-OH is 4. The fourth-order valence-corrected chi connectivity index (χ4v) is 1.54. The Morgan fingerprint density at radius 1 is 1.31 bits per heavy atom. The van der Waals surface area contributed by atoms with Gasteiger partial charge in [-0.05, 0) is 0 Å². The van der Waals surface area contributed by atoms with Gasteiger partial charge in [0.15, 0.2) is 6.29 Å². The summed E-state index contributed by atoms with van der Waals surface area (Å²) in [7, 11) is 0. The van der Waals surface area contributed by atoms with Crippen molar-refractivity contribution >= 4 is 5.91 Å². The van der Waals surface area contributed by atoms with Gasteiger partial charge in [0.05, 0.1) is 6.61 Å². The molecule has 1 aliphatic rings. The number of rotatable bonds is 3. The summed E-state index contributed by atoms with van der Waals surface area (Å²) in [5.41, 5.74) is 0. The van der Waals surface area contributed by atoms with E-state index in [1.807, 2.05) is 0 Å². The van der Waals surface area contributed by atoms with Crippen molar-refractivity contribution in [3.8, 4) is 0 Å². The zero-order valence-corrected chi connectivity index (χ0v) is 8.91. The molecule has 0 radical (unpaired) electrons. The minimum atomic E-state index is -1.45. The molecule has 7 nitrogen and oxygen atoms in total. The second-order valence-corrected chi connectivity index (χ2v) is 3.68. The number of carbonyl (C=O) groups is 1. The van der Waals surface area contributed by atoms with Crippen molar-refractivity contribution in [3.05, 3.63) is 0 Å². The number of hydrogen-bond acceptors (Lipinski definition) is 6. The molecule has 1 heterocycles. The van der Waals surface area contributed by atoms with Crippen LogP contribution in [0.15, 0.2) is 0 Å². The molecule has 5 N–H and O–H groups in total. The topological polar surface area (TPSA) is 119 Å². The summed E-state index contributed by atoms with van der Waals surface area (Å²) in [5, 5.41) is 39.8. The summed E-state index contributed by atoms with van der Waals surface area (Å²) >= 11 is 0. The van der Waals surface area contributed by atoms with Crippen LogP contribution in [0.5, 0.6) is 0 Å². The molecule has 94 valence electrons. The Hall–Kier alpha value is -0.730. The summed E-state index contributed by atoms with van der Waals surface area (Å²) in [4.78, 5) is 11.1. The number of carbonyl (C=O) groups excluding carboxylic acids is 1. The van der Waals surface area contributed by atoms with Crippen LogP contribution in [0.4, 0.5) is 0 Å². The molecule has 0 unspecified atom stereocenters. The van der Waals surface area contributed by atoms with Gasteiger partial charge >= 0.3 is 0 Å². The Labute approximate surface area is 92.7 Å². The van der Waals surface area contributed by atoms with Crippen LogP contribution in [0.25, 0.3) is 0 Å². The summed E-state index contributed by atoms with van der Waals surface area (Å²) in [6.45, 7) is 1.09. The second-order valence-electron chi connectivity index (χ2n) is 3.68. The molecular weight excluding hydrogens is 218 g/mol. The van der Waals surface area contributed by atoms with Crippen molar-refractivity contribution in [1.29, 1.82) is 0 Å². The monoisotopic (exact) mass is 235 g/mol. The highest BCUT2D eigenvalue weighted by molar-refractivity contribution is 5.76. The van der Waals surface area contributed by atoms with Gasteiger partial charge < -0.3 is 30.5 Å². The Morgan fingerprint density at radius 3 is 2.44 bits per heavy atom. The largest absolute Gasteiger partial charge is 0.394 e. The average Bonchev–Trinajstić information content (AvgIpc) is 2.28. The van der Waals surface area contributed by atoms with E-state index >= 15 is 0 Å². The lowest BCUT2D eigenvalue weighted by Crippen LogP contribution is -2.64. The highest BCUT2D eigenvalue weighted by atomic mass is 16.6. The Balaban J connectivity index is 2.67. The minimum absolute atomic E-state index is 0.190. The summed E-state index contributed by atoms with van der Waals surface area (Å²) in [6, 6.07) is -1.09. The lowest BCUT2D eigenvalue weighted by molar-refractivity contribution is -0.253. The molecule has 7 heteroatoms. The van der Waals surface area contributed by atoms with Crippen LogP contribution in [0.3, 0.4) is 0 Å². The molecule has 0 aromatic heterocycles. The van der Waals surface area contributed by atoms with Crippen molar-refractivity contribution in [3.63, 3.8) is 0 Å². The van der Waals surface area contributed by atoms with Crippen molar-refractivity contribution in [2.75, 3.05) is 6.61 Å². The molecule has 1 saturated heterocycles. The van der Waals surface area contributed by atoms with E-state index in [1.54, 1.807) is 6.92 Å². The molecule has 16 heavy (non-hydrogen) atoms. The van der Waals surface area contributed by atoms with Gasteiger partial charge in [-0.25, -0.2) is 0 Å². The summed E-state index contributed by atoms with van der Waals surface area (Å²) < 4.78 is 4.86. The van der Waals surface area contributed by atoms with E-state index in [2.05, 4.69) is 5.32 Å². The van der Waals surface area contributed by atoms with Crippen LogP contribution in [0, 0.1) is 0 Å². The first-order valence-corrected chi connectivity index (χ1v) is 5.11. The highest BCUT2D eigenvalue weighted by Gasteiger charge is 2.44. The maximum Gasteiger partial charge on any atom is 0.220 e. The van der Waals surface area contributed by atoms with Crippen LogP contribution in [0.1, 0.15) is 13.3 Å². The minimum Gasteiger partial charge on any atom is -0.394 e. The number of nitrogens with one attached hydrogen (secondary N) is 1. The Morgan fingerprint density at radius 2 is 1.94 bits per heavy atom. The van der Waals surface area contributed by atoms with E-state index in [4.69, 9.17) is 9.84 Å². The van der Waals surface area contributed by atoms with Crippen LogP contribution < -0.4 is 5.32 Å². The normalized spacial score (nSPS) is 39.4. The fourth-order valence-electron chi connectivity index (χ4n) is 1.54. The highest BCUT2D eigenvalue weighted by Crippen LogP contribution is 2.19. The average molecular weight is 235 g/mol. The number of hydrogen-bond donors (Lipinski definition) is 5. The molecule has 0 aromatic carbocycles. The van der Waals surface area contributed by atoms with E-state index in [-0.39, 0.29) is 12.3 Å². The van der Waals surface area contributed by atoms with Gasteiger partial charge in [-0.2, -0.15) is 0 Å². The zero-order chi connectivity index (χ0) is 12.3. The van der Waals surface area contributed by atoms with Gasteiger partial charge in [0.1, 0.15) is 24.4 Å². The first-order valence-electron chi connectivity index (χ1n) is 5.11. The molecule has 0 spiro atoms. The first-order chi connectivity index (χ1) is 7.51. The summed E-state index contributed by atoms with van der Waals surface area (Å²) in [5.74, 6) is -0.374. The van der Waals surface area contributed by atoms with Crippen LogP contribution in [-0.2, 0) is 9.53 Å². The Kier molecular flexibility index (Phi) is 4.63. The zero-order valence-electron chi connectivity index (χ0n) is 8.91. The van der Waals surface area contributed by atoms with Crippen molar-refractivity contribution in [2.24, 2.45) is 0 Å². The molecule has 0 saturated carbocycles. The van der Waals surface area contributed by atoms with E-state index in [0.717, 1.165) is 0 Å². The SMILES string of the molecule is CCC(=O)N[C@@H]1[C@@H](O)[C@H](O)[C@@H](CO)O[C@H]1O. The quantitative estimate of drug-likeness (QED) is 0.363. The predicted octanol–water partition coefficient (Wildman–Crippen LogP) is -2.69. The molecule has 1 rings (SSSR count). The van der Waals surface area contributed by atoms with Crippen molar-refractivity contribution in [2.45, 2.75) is 44.0 Å². The molecule has 1 aliphatic heterocycles. The smallest absolute Gasteiger partial charge is 0.220 e. The van der Waals surface area contributed by atoms with Gasteiger partial charge in [-0.15, -0.1) is 0 Å².